The number of aromatic hydroxyl groups is 1. The summed E-state index contributed by atoms with van der Waals surface area (Å²) >= 11 is 0. The molecule has 0 saturated heterocycles. The molecule has 0 heterocycles. The summed E-state index contributed by atoms with van der Waals surface area (Å²) in [6.07, 6.45) is 0. The number of aryl methyl sites for hydroxylation is 1. The highest BCUT2D eigenvalue weighted by Crippen LogP contribution is 2.21. The Morgan fingerprint density at radius 1 is 1.10 bits per heavy atom. The fourth-order valence-electron chi connectivity index (χ4n) is 2.00. The molecule has 0 amide bonds. The number of nitrogens with one attached hydrogen (secondary N) is 1. The van der Waals surface area contributed by atoms with E-state index in [9.17, 15) is 5.11 Å². The summed E-state index contributed by atoms with van der Waals surface area (Å²) < 4.78 is 5.89. The molecule has 0 aromatic heterocycles. The van der Waals surface area contributed by atoms with Gasteiger partial charge in [-0.15, -0.1) is 0 Å². The smallest absolute Gasteiger partial charge is 0.124 e. The van der Waals surface area contributed by atoms with Gasteiger partial charge in [0.2, 0.25) is 0 Å². The molecule has 0 bridgehead atoms. The van der Waals surface area contributed by atoms with E-state index in [1.165, 1.54) is 11.1 Å². The van der Waals surface area contributed by atoms with Crippen LogP contribution in [0.3, 0.4) is 0 Å². The van der Waals surface area contributed by atoms with Crippen molar-refractivity contribution in [2.75, 3.05) is 6.54 Å². The van der Waals surface area contributed by atoms with Gasteiger partial charge in [-0.25, -0.2) is 0 Å². The number of benzene rings is 2. The molecule has 0 unspecified atom stereocenters. The van der Waals surface area contributed by atoms with Gasteiger partial charge in [-0.2, -0.15) is 0 Å². The third kappa shape index (κ3) is 4.00. The minimum Gasteiger partial charge on any atom is -0.508 e. The molecule has 2 aromatic rings. The SMILES string of the molecule is CCNCc1cc(C)ccc1OCc1ccc(O)cc1. The van der Waals surface area contributed by atoms with E-state index in [-0.39, 0.29) is 5.75 Å². The Labute approximate surface area is 120 Å². The lowest BCUT2D eigenvalue weighted by Crippen LogP contribution is -2.13. The lowest BCUT2D eigenvalue weighted by atomic mass is 10.1. The van der Waals surface area contributed by atoms with Crippen LogP contribution < -0.4 is 10.1 Å². The molecule has 0 radical (unpaired) electrons. The average molecular weight is 271 g/mol. The lowest BCUT2D eigenvalue weighted by Gasteiger charge is -2.13. The first-order chi connectivity index (χ1) is 9.69. The number of ether oxygens (including phenoxy) is 1. The average Bonchev–Trinajstić information content (AvgIpc) is 2.46. The Morgan fingerprint density at radius 3 is 2.55 bits per heavy atom. The summed E-state index contributed by atoms with van der Waals surface area (Å²) in [4.78, 5) is 0. The summed E-state index contributed by atoms with van der Waals surface area (Å²) in [7, 11) is 0. The van der Waals surface area contributed by atoms with Gasteiger partial charge in [0.15, 0.2) is 0 Å². The maximum Gasteiger partial charge on any atom is 0.124 e. The Balaban J connectivity index is 2.06. The summed E-state index contributed by atoms with van der Waals surface area (Å²) in [6, 6.07) is 13.3. The lowest BCUT2D eigenvalue weighted by molar-refractivity contribution is 0.302. The van der Waals surface area contributed by atoms with Crippen molar-refractivity contribution in [3.05, 3.63) is 59.2 Å². The van der Waals surface area contributed by atoms with Crippen molar-refractivity contribution in [2.45, 2.75) is 27.0 Å². The number of rotatable bonds is 6. The fraction of sp³-hybridized carbons (Fsp3) is 0.294. The zero-order valence-corrected chi connectivity index (χ0v) is 12.0. The molecule has 3 nitrogen and oxygen atoms in total. The summed E-state index contributed by atoms with van der Waals surface area (Å²) in [5, 5.41) is 12.6. The topological polar surface area (TPSA) is 41.5 Å². The normalized spacial score (nSPS) is 10.5. The largest absolute Gasteiger partial charge is 0.508 e. The summed E-state index contributed by atoms with van der Waals surface area (Å²) in [5.41, 5.74) is 3.44. The third-order valence-electron chi connectivity index (χ3n) is 3.11. The molecule has 2 aromatic carbocycles. The van der Waals surface area contributed by atoms with E-state index >= 15 is 0 Å². The van der Waals surface area contributed by atoms with Gasteiger partial charge >= 0.3 is 0 Å². The second-order valence-electron chi connectivity index (χ2n) is 4.85. The van der Waals surface area contributed by atoms with Crippen LogP contribution in [0.15, 0.2) is 42.5 Å². The van der Waals surface area contributed by atoms with Gasteiger partial charge < -0.3 is 15.2 Å². The van der Waals surface area contributed by atoms with Gasteiger partial charge in [-0.1, -0.05) is 36.8 Å². The molecule has 2 N–H and O–H groups in total. The van der Waals surface area contributed by atoms with Crippen LogP contribution in [0.5, 0.6) is 11.5 Å². The Morgan fingerprint density at radius 2 is 1.85 bits per heavy atom. The second kappa shape index (κ2) is 6.96. The van der Waals surface area contributed by atoms with E-state index in [4.69, 9.17) is 4.74 Å². The van der Waals surface area contributed by atoms with Crippen LogP contribution in [0, 0.1) is 6.92 Å². The van der Waals surface area contributed by atoms with Gasteiger partial charge in [0, 0.05) is 12.1 Å². The van der Waals surface area contributed by atoms with Crippen molar-refractivity contribution in [1.82, 2.24) is 5.32 Å². The standard InChI is InChI=1S/C17H21NO2/c1-3-18-11-15-10-13(2)4-9-17(15)20-12-14-5-7-16(19)8-6-14/h4-10,18-19H,3,11-12H2,1-2H3. The van der Waals surface area contributed by atoms with Crippen LogP contribution in [0.1, 0.15) is 23.6 Å². The maximum absolute atomic E-state index is 9.26. The van der Waals surface area contributed by atoms with Crippen molar-refractivity contribution in [3.63, 3.8) is 0 Å². The first-order valence-electron chi connectivity index (χ1n) is 6.90. The van der Waals surface area contributed by atoms with E-state index in [0.29, 0.717) is 6.61 Å². The first-order valence-corrected chi connectivity index (χ1v) is 6.90. The van der Waals surface area contributed by atoms with Crippen molar-refractivity contribution in [2.24, 2.45) is 0 Å². The summed E-state index contributed by atoms with van der Waals surface area (Å²) in [6.45, 7) is 6.42. The van der Waals surface area contributed by atoms with E-state index in [1.54, 1.807) is 12.1 Å². The van der Waals surface area contributed by atoms with Gasteiger partial charge in [-0.05, 0) is 37.2 Å². The predicted molar refractivity (Wildman–Crippen MR) is 81.0 cm³/mol. The molecule has 3 heteroatoms. The third-order valence-corrected chi connectivity index (χ3v) is 3.11. The highest BCUT2D eigenvalue weighted by molar-refractivity contribution is 5.37. The van der Waals surface area contributed by atoms with Crippen molar-refractivity contribution < 1.29 is 9.84 Å². The Hall–Kier alpha value is -2.00. The van der Waals surface area contributed by atoms with Crippen LogP contribution >= 0.6 is 0 Å². The molecule has 106 valence electrons. The zero-order valence-electron chi connectivity index (χ0n) is 12.0. The molecule has 0 spiro atoms. The van der Waals surface area contributed by atoms with E-state index in [2.05, 4.69) is 31.3 Å². The van der Waals surface area contributed by atoms with E-state index in [0.717, 1.165) is 24.4 Å². The summed E-state index contributed by atoms with van der Waals surface area (Å²) in [5.74, 6) is 1.18. The minimum absolute atomic E-state index is 0.275. The monoisotopic (exact) mass is 271 g/mol. The van der Waals surface area contributed by atoms with Crippen molar-refractivity contribution in [1.29, 1.82) is 0 Å². The van der Waals surface area contributed by atoms with Crippen LogP contribution in [0.2, 0.25) is 0 Å². The number of phenolic OH excluding ortho intramolecular Hbond substituents is 1. The molecule has 0 aliphatic rings. The van der Waals surface area contributed by atoms with Crippen molar-refractivity contribution >= 4 is 0 Å². The molecule has 2 rings (SSSR count). The van der Waals surface area contributed by atoms with Crippen LogP contribution in [-0.2, 0) is 13.2 Å². The van der Waals surface area contributed by atoms with Crippen LogP contribution in [0.25, 0.3) is 0 Å². The Bertz CT molecular complexity index is 549. The minimum atomic E-state index is 0.275. The number of phenols is 1. The highest BCUT2D eigenvalue weighted by Gasteiger charge is 2.04. The first kappa shape index (κ1) is 14.4. The highest BCUT2D eigenvalue weighted by atomic mass is 16.5. The molecule has 0 atom stereocenters. The molecular formula is C17H21NO2. The predicted octanol–water partition coefficient (Wildman–Crippen LogP) is 3.39. The number of hydrogen-bond acceptors (Lipinski definition) is 3. The fourth-order valence-corrected chi connectivity index (χ4v) is 2.00. The zero-order chi connectivity index (χ0) is 14.4. The van der Waals surface area contributed by atoms with E-state index in [1.807, 2.05) is 18.2 Å². The van der Waals surface area contributed by atoms with Crippen LogP contribution in [0.4, 0.5) is 0 Å². The van der Waals surface area contributed by atoms with Gasteiger partial charge in [0.05, 0.1) is 0 Å². The molecule has 0 saturated carbocycles. The second-order valence-corrected chi connectivity index (χ2v) is 4.85. The van der Waals surface area contributed by atoms with Crippen LogP contribution in [-0.4, -0.2) is 11.7 Å². The van der Waals surface area contributed by atoms with Gasteiger partial charge in [0.1, 0.15) is 18.1 Å². The van der Waals surface area contributed by atoms with Gasteiger partial charge in [0.25, 0.3) is 0 Å². The van der Waals surface area contributed by atoms with Gasteiger partial charge in [-0.3, -0.25) is 0 Å². The quantitative estimate of drug-likeness (QED) is 0.846. The molecule has 0 aliphatic carbocycles. The van der Waals surface area contributed by atoms with Crippen molar-refractivity contribution in [3.8, 4) is 11.5 Å². The van der Waals surface area contributed by atoms with E-state index < -0.39 is 0 Å². The Kier molecular flexibility index (Phi) is 5.02. The molecule has 0 aliphatic heterocycles. The molecule has 20 heavy (non-hydrogen) atoms. The maximum atomic E-state index is 9.26. The number of hydrogen-bond donors (Lipinski definition) is 2. The molecule has 0 fully saturated rings. The molecular weight excluding hydrogens is 250 g/mol.